The molecule has 5 rings (SSSR count). The lowest BCUT2D eigenvalue weighted by Crippen LogP contribution is -2.60. The number of alkyl halides is 1. The van der Waals surface area contributed by atoms with Crippen molar-refractivity contribution in [2.45, 2.75) is 32.0 Å². The SMILES string of the molecule is CN(C)C1Nc2cnc3c(cc(C(=O)NCc4ccc(Cl)cc4)c(=O)n3CC(=O)N3CC(C)(F)C3)c2N1. The van der Waals surface area contributed by atoms with Gasteiger partial charge in [-0.05, 0) is 44.8 Å². The topological polar surface area (TPSA) is 112 Å². The van der Waals surface area contributed by atoms with E-state index in [0.717, 1.165) is 5.56 Å². The lowest BCUT2D eigenvalue weighted by atomic mass is 9.99. The third-order valence-electron chi connectivity index (χ3n) is 6.50. The number of amides is 2. The third-order valence-corrected chi connectivity index (χ3v) is 6.76. The Morgan fingerprint density at radius 2 is 1.95 bits per heavy atom. The molecule has 12 heteroatoms. The van der Waals surface area contributed by atoms with Crippen LogP contribution in [0, 0.1) is 0 Å². The van der Waals surface area contributed by atoms with Gasteiger partial charge in [-0.1, -0.05) is 23.7 Å². The van der Waals surface area contributed by atoms with Crippen LogP contribution >= 0.6 is 11.6 Å². The first-order valence-electron chi connectivity index (χ1n) is 11.8. The summed E-state index contributed by atoms with van der Waals surface area (Å²) in [6.07, 6.45) is 1.35. The molecule has 194 valence electrons. The van der Waals surface area contributed by atoms with Crippen molar-refractivity contribution in [3.05, 3.63) is 63.0 Å². The molecule has 0 spiro atoms. The molecule has 2 aliphatic heterocycles. The van der Waals surface area contributed by atoms with E-state index in [2.05, 4.69) is 20.9 Å². The van der Waals surface area contributed by atoms with Crippen molar-refractivity contribution in [2.75, 3.05) is 37.8 Å². The molecule has 1 unspecified atom stereocenters. The third kappa shape index (κ3) is 4.84. The van der Waals surface area contributed by atoms with E-state index < -0.39 is 23.0 Å². The highest BCUT2D eigenvalue weighted by molar-refractivity contribution is 6.30. The zero-order chi connectivity index (χ0) is 26.5. The number of anilines is 2. The van der Waals surface area contributed by atoms with E-state index in [0.29, 0.717) is 21.8 Å². The van der Waals surface area contributed by atoms with Gasteiger partial charge in [0.15, 0.2) is 6.29 Å². The van der Waals surface area contributed by atoms with E-state index >= 15 is 0 Å². The summed E-state index contributed by atoms with van der Waals surface area (Å²) in [7, 11) is 3.78. The van der Waals surface area contributed by atoms with Gasteiger partial charge in [0.2, 0.25) is 5.91 Å². The maximum atomic E-state index is 14.0. The molecule has 2 aliphatic rings. The molecule has 1 aromatic carbocycles. The highest BCUT2D eigenvalue weighted by Crippen LogP contribution is 2.35. The summed E-state index contributed by atoms with van der Waals surface area (Å²) in [4.78, 5) is 47.3. The number of halogens is 2. The molecule has 37 heavy (non-hydrogen) atoms. The summed E-state index contributed by atoms with van der Waals surface area (Å²) >= 11 is 5.93. The van der Waals surface area contributed by atoms with Crippen LogP contribution in [0.15, 0.2) is 41.3 Å². The van der Waals surface area contributed by atoms with Gasteiger partial charge < -0.3 is 20.9 Å². The molecule has 0 aliphatic carbocycles. The van der Waals surface area contributed by atoms with Crippen molar-refractivity contribution < 1.29 is 14.0 Å². The van der Waals surface area contributed by atoms with Crippen molar-refractivity contribution in [1.82, 2.24) is 24.7 Å². The number of hydrogen-bond acceptors (Lipinski definition) is 7. The minimum absolute atomic E-state index is 0.0431. The summed E-state index contributed by atoms with van der Waals surface area (Å²) in [5.41, 5.74) is 0.205. The van der Waals surface area contributed by atoms with Gasteiger partial charge in [0, 0.05) is 17.0 Å². The summed E-state index contributed by atoms with van der Waals surface area (Å²) in [5, 5.41) is 10.5. The number of hydrogen-bond donors (Lipinski definition) is 3. The van der Waals surface area contributed by atoms with Crippen LogP contribution in [0.25, 0.3) is 11.0 Å². The fourth-order valence-electron chi connectivity index (χ4n) is 4.51. The van der Waals surface area contributed by atoms with Crippen molar-refractivity contribution in [2.24, 2.45) is 0 Å². The van der Waals surface area contributed by atoms with Gasteiger partial charge >= 0.3 is 0 Å². The van der Waals surface area contributed by atoms with E-state index in [4.69, 9.17) is 11.6 Å². The minimum Gasteiger partial charge on any atom is -0.351 e. The monoisotopic (exact) mass is 527 g/mol. The van der Waals surface area contributed by atoms with Crippen molar-refractivity contribution in [3.63, 3.8) is 0 Å². The summed E-state index contributed by atoms with van der Waals surface area (Å²) in [6, 6.07) is 8.48. The predicted molar refractivity (Wildman–Crippen MR) is 139 cm³/mol. The lowest BCUT2D eigenvalue weighted by Gasteiger charge is -2.42. The zero-order valence-electron chi connectivity index (χ0n) is 20.6. The van der Waals surface area contributed by atoms with Gasteiger partial charge in [-0.3, -0.25) is 23.9 Å². The van der Waals surface area contributed by atoms with Crippen LogP contribution in [-0.2, 0) is 17.9 Å². The molecule has 3 N–H and O–H groups in total. The Kier molecular flexibility index (Phi) is 6.28. The number of likely N-dealkylation sites (tertiary alicyclic amines) is 1. The molecule has 2 amide bonds. The number of benzene rings is 1. The Balaban J connectivity index is 1.53. The van der Waals surface area contributed by atoms with Crippen molar-refractivity contribution in [1.29, 1.82) is 0 Å². The molecule has 2 aromatic heterocycles. The standard InChI is InChI=1S/C25H27ClFN7O3/c1-25(27)12-33(13-25)19(35)11-34-21-16(20-18(10-28-21)30-24(31-20)32(2)3)8-17(23(34)37)22(36)29-9-14-4-6-15(26)7-5-14/h4-8,10,24,30-31H,9,11-13H2,1-3H3,(H,29,36). The van der Waals surface area contributed by atoms with Gasteiger partial charge in [-0.15, -0.1) is 0 Å². The van der Waals surface area contributed by atoms with Crippen LogP contribution < -0.4 is 21.5 Å². The molecule has 1 fully saturated rings. The van der Waals surface area contributed by atoms with Crippen LogP contribution in [0.5, 0.6) is 0 Å². The smallest absolute Gasteiger partial charge is 0.265 e. The van der Waals surface area contributed by atoms with E-state index in [1.165, 1.54) is 22.5 Å². The average molecular weight is 528 g/mol. The van der Waals surface area contributed by atoms with Gasteiger partial charge in [-0.2, -0.15) is 0 Å². The Bertz CT molecular complexity index is 1450. The van der Waals surface area contributed by atoms with E-state index in [1.807, 2.05) is 19.0 Å². The van der Waals surface area contributed by atoms with Gasteiger partial charge in [0.1, 0.15) is 23.4 Å². The molecule has 1 saturated heterocycles. The Morgan fingerprint density at radius 1 is 1.24 bits per heavy atom. The highest BCUT2D eigenvalue weighted by atomic mass is 35.5. The number of rotatable bonds is 6. The summed E-state index contributed by atoms with van der Waals surface area (Å²) < 4.78 is 15.2. The largest absolute Gasteiger partial charge is 0.351 e. The Morgan fingerprint density at radius 3 is 2.59 bits per heavy atom. The molecular weight excluding hydrogens is 501 g/mol. The molecule has 0 bridgehead atoms. The summed E-state index contributed by atoms with van der Waals surface area (Å²) in [6.45, 7) is 1.16. The Hall–Kier alpha value is -3.70. The van der Waals surface area contributed by atoms with Crippen LogP contribution in [0.1, 0.15) is 22.8 Å². The van der Waals surface area contributed by atoms with Crippen molar-refractivity contribution >= 4 is 45.8 Å². The highest BCUT2D eigenvalue weighted by Gasteiger charge is 2.41. The number of fused-ring (bicyclic) bond motifs is 3. The maximum Gasteiger partial charge on any atom is 0.265 e. The fourth-order valence-corrected chi connectivity index (χ4v) is 4.64. The van der Waals surface area contributed by atoms with Crippen LogP contribution in [-0.4, -0.2) is 70.3 Å². The zero-order valence-corrected chi connectivity index (χ0v) is 21.4. The molecular formula is C25H27ClFN7O3. The van der Waals surface area contributed by atoms with Crippen LogP contribution in [0.2, 0.25) is 5.02 Å². The molecule has 3 aromatic rings. The number of carbonyl (C=O) groups is 2. The first-order chi connectivity index (χ1) is 17.5. The number of aromatic nitrogens is 2. The van der Waals surface area contributed by atoms with E-state index in [1.54, 1.807) is 30.5 Å². The second-order valence-electron chi connectivity index (χ2n) is 9.86. The maximum absolute atomic E-state index is 14.0. The molecule has 4 heterocycles. The Labute approximate surface area is 217 Å². The number of nitrogens with one attached hydrogen (secondary N) is 3. The van der Waals surface area contributed by atoms with Gasteiger partial charge in [0.05, 0.1) is 30.7 Å². The number of carbonyl (C=O) groups excluding carboxylic acids is 2. The quantitative estimate of drug-likeness (QED) is 0.451. The molecule has 10 nitrogen and oxygen atoms in total. The molecule has 0 saturated carbocycles. The predicted octanol–water partition coefficient (Wildman–Crippen LogP) is 2.23. The molecule has 1 atom stereocenters. The first kappa shape index (κ1) is 25.0. The average Bonchev–Trinajstić information content (AvgIpc) is 3.28. The van der Waals surface area contributed by atoms with E-state index in [9.17, 15) is 18.8 Å². The fraction of sp³-hybridized carbons (Fsp3) is 0.360. The second kappa shape index (κ2) is 9.31. The van der Waals surface area contributed by atoms with E-state index in [-0.39, 0.29) is 43.7 Å². The first-order valence-corrected chi connectivity index (χ1v) is 12.2. The van der Waals surface area contributed by atoms with Crippen LogP contribution in [0.4, 0.5) is 15.8 Å². The van der Waals surface area contributed by atoms with Crippen LogP contribution in [0.3, 0.4) is 0 Å². The normalized spacial score (nSPS) is 17.7. The second-order valence-corrected chi connectivity index (χ2v) is 10.3. The summed E-state index contributed by atoms with van der Waals surface area (Å²) in [5.74, 6) is -1.01. The van der Waals surface area contributed by atoms with Gasteiger partial charge in [0.25, 0.3) is 11.5 Å². The number of nitrogens with zero attached hydrogens (tertiary/aromatic N) is 4. The molecule has 0 radical (unpaired) electrons. The van der Waals surface area contributed by atoms with Gasteiger partial charge in [-0.25, -0.2) is 9.37 Å². The lowest BCUT2D eigenvalue weighted by molar-refractivity contribution is -0.144. The number of pyridine rings is 2. The van der Waals surface area contributed by atoms with Crippen molar-refractivity contribution in [3.8, 4) is 0 Å². The minimum atomic E-state index is -1.44.